The average molecular weight is 320 g/mol. The number of rotatable bonds is 4. The van der Waals surface area contributed by atoms with Gasteiger partial charge < -0.3 is 4.42 Å². The average Bonchev–Trinajstić information content (AvgIpc) is 3.07. The highest BCUT2D eigenvalue weighted by atomic mass is 32.2. The van der Waals surface area contributed by atoms with Crippen molar-refractivity contribution in [3.05, 3.63) is 40.6 Å². The molecule has 0 saturated carbocycles. The molecule has 0 aliphatic rings. The first-order valence-corrected chi connectivity index (χ1v) is 7.93. The molecule has 0 radical (unpaired) electrons. The molecule has 108 valence electrons. The molecule has 3 rings (SSSR count). The number of aryl methyl sites for hydroxylation is 1. The summed E-state index contributed by atoms with van der Waals surface area (Å²) in [6.45, 7) is 1.74. The van der Waals surface area contributed by atoms with E-state index in [1.54, 1.807) is 6.92 Å². The van der Waals surface area contributed by atoms with Crippen LogP contribution in [0.15, 0.2) is 33.9 Å². The molecule has 6 nitrogen and oxygen atoms in total. The van der Waals surface area contributed by atoms with Crippen LogP contribution in [0.25, 0.3) is 10.1 Å². The van der Waals surface area contributed by atoms with E-state index in [-0.39, 0.29) is 5.91 Å². The molecule has 0 fully saturated rings. The van der Waals surface area contributed by atoms with Crippen molar-refractivity contribution in [1.29, 1.82) is 0 Å². The van der Waals surface area contributed by atoms with Crippen LogP contribution in [0.1, 0.15) is 21.1 Å². The summed E-state index contributed by atoms with van der Waals surface area (Å²) in [7, 11) is 0. The first-order valence-electron chi connectivity index (χ1n) is 6.13. The third-order valence-corrected chi connectivity index (χ3v) is 4.94. The zero-order chi connectivity index (χ0) is 14.8. The molecule has 0 atom stereocenters. The van der Waals surface area contributed by atoms with Gasteiger partial charge in [-0.25, -0.2) is 5.84 Å². The lowest BCUT2D eigenvalue weighted by Crippen LogP contribution is -2.29. The number of thioether (sulfide) groups is 1. The van der Waals surface area contributed by atoms with Gasteiger partial charge in [0.2, 0.25) is 5.89 Å². The molecule has 3 aromatic rings. The number of aromatic nitrogens is 2. The van der Waals surface area contributed by atoms with Crippen LogP contribution in [-0.2, 0) is 5.75 Å². The minimum absolute atomic E-state index is 0.284. The van der Waals surface area contributed by atoms with Crippen molar-refractivity contribution < 1.29 is 9.21 Å². The minimum Gasteiger partial charge on any atom is -0.416 e. The second-order valence-corrected chi connectivity index (χ2v) is 6.23. The molecular formula is C13H12N4O2S2. The van der Waals surface area contributed by atoms with Crippen molar-refractivity contribution in [1.82, 2.24) is 15.6 Å². The lowest BCUT2D eigenvalue weighted by atomic mass is 10.1. The number of benzene rings is 1. The number of thiophene rings is 1. The normalized spacial score (nSPS) is 11.0. The van der Waals surface area contributed by atoms with Gasteiger partial charge in [-0.2, -0.15) is 0 Å². The first kappa shape index (κ1) is 14.1. The molecule has 0 unspecified atom stereocenters. The summed E-state index contributed by atoms with van der Waals surface area (Å²) in [5, 5.41) is 9.27. The molecule has 21 heavy (non-hydrogen) atoms. The largest absolute Gasteiger partial charge is 0.416 e. The van der Waals surface area contributed by atoms with Gasteiger partial charge in [0.1, 0.15) is 0 Å². The number of hydrogen-bond acceptors (Lipinski definition) is 7. The van der Waals surface area contributed by atoms with Crippen molar-refractivity contribution in [3.8, 4) is 0 Å². The lowest BCUT2D eigenvalue weighted by Gasteiger charge is -2.01. The number of carbonyl (C=O) groups is 1. The van der Waals surface area contributed by atoms with E-state index in [0.717, 1.165) is 15.6 Å². The number of nitrogens with two attached hydrogens (primary N) is 1. The summed E-state index contributed by atoms with van der Waals surface area (Å²) in [5.74, 6) is 6.07. The topological polar surface area (TPSA) is 94.0 Å². The molecule has 0 aliphatic carbocycles. The Morgan fingerprint density at radius 2 is 2.24 bits per heavy atom. The van der Waals surface area contributed by atoms with Crippen LogP contribution in [-0.4, -0.2) is 16.1 Å². The fourth-order valence-corrected chi connectivity index (χ4v) is 4.02. The maximum atomic E-state index is 11.9. The van der Waals surface area contributed by atoms with Crippen molar-refractivity contribution in [3.63, 3.8) is 0 Å². The van der Waals surface area contributed by atoms with Crippen LogP contribution < -0.4 is 11.3 Å². The number of nitrogens with one attached hydrogen (secondary N) is 1. The number of nitrogens with zero attached hydrogens (tertiary/aromatic N) is 2. The standard InChI is InChI=1S/C13H12N4O2S2/c1-7-16-17-13(19-7)20-6-9-8-4-2-3-5-10(8)21-11(9)12(18)15-14/h2-5H,6,14H2,1H3,(H,15,18). The van der Waals surface area contributed by atoms with Crippen LogP contribution in [0, 0.1) is 6.92 Å². The minimum atomic E-state index is -0.284. The Bertz CT molecular complexity index is 796. The van der Waals surface area contributed by atoms with E-state index in [2.05, 4.69) is 15.6 Å². The molecule has 0 spiro atoms. The third-order valence-electron chi connectivity index (χ3n) is 2.88. The summed E-state index contributed by atoms with van der Waals surface area (Å²) in [5.41, 5.74) is 3.13. The highest BCUT2D eigenvalue weighted by Crippen LogP contribution is 2.35. The Labute approximate surface area is 128 Å². The van der Waals surface area contributed by atoms with E-state index in [0.29, 0.717) is 21.7 Å². The molecule has 3 N–H and O–H groups in total. The maximum Gasteiger partial charge on any atom is 0.276 e. The first-order chi connectivity index (χ1) is 10.2. The Kier molecular flexibility index (Phi) is 3.91. The number of amides is 1. The van der Waals surface area contributed by atoms with E-state index < -0.39 is 0 Å². The predicted octanol–water partition coefficient (Wildman–Crippen LogP) is 2.49. The summed E-state index contributed by atoms with van der Waals surface area (Å²) in [6, 6.07) is 7.87. The molecule has 1 amide bonds. The molecule has 8 heteroatoms. The molecular weight excluding hydrogens is 308 g/mol. The summed E-state index contributed by atoms with van der Waals surface area (Å²) >= 11 is 2.83. The number of nitrogen functional groups attached to an aromatic ring is 1. The quantitative estimate of drug-likeness (QED) is 0.332. The molecule has 0 bridgehead atoms. The van der Waals surface area contributed by atoms with Gasteiger partial charge in [-0.15, -0.1) is 21.5 Å². The summed E-state index contributed by atoms with van der Waals surface area (Å²) in [4.78, 5) is 12.5. The van der Waals surface area contributed by atoms with Gasteiger partial charge in [-0.3, -0.25) is 10.2 Å². The zero-order valence-corrected chi connectivity index (χ0v) is 12.8. The van der Waals surface area contributed by atoms with Crippen LogP contribution in [0.2, 0.25) is 0 Å². The van der Waals surface area contributed by atoms with E-state index in [1.807, 2.05) is 24.3 Å². The summed E-state index contributed by atoms with van der Waals surface area (Å²) in [6.07, 6.45) is 0. The highest BCUT2D eigenvalue weighted by Gasteiger charge is 2.18. The Hall–Kier alpha value is -1.90. The second kappa shape index (κ2) is 5.84. The summed E-state index contributed by atoms with van der Waals surface area (Å²) < 4.78 is 6.39. The molecule has 2 heterocycles. The van der Waals surface area contributed by atoms with Crippen LogP contribution >= 0.6 is 23.1 Å². The SMILES string of the molecule is Cc1nnc(SCc2c(C(=O)NN)sc3ccccc23)o1. The van der Waals surface area contributed by atoms with Gasteiger partial charge in [-0.1, -0.05) is 30.0 Å². The number of fused-ring (bicyclic) bond motifs is 1. The second-order valence-electron chi connectivity index (χ2n) is 4.26. The molecule has 0 aliphatic heterocycles. The molecule has 2 aromatic heterocycles. The van der Waals surface area contributed by atoms with Crippen molar-refractivity contribution in [2.75, 3.05) is 0 Å². The Balaban J connectivity index is 1.96. The van der Waals surface area contributed by atoms with Gasteiger partial charge in [-0.05, 0) is 17.0 Å². The predicted molar refractivity (Wildman–Crippen MR) is 82.1 cm³/mol. The smallest absolute Gasteiger partial charge is 0.276 e. The van der Waals surface area contributed by atoms with Gasteiger partial charge in [0.05, 0.1) is 4.88 Å². The third kappa shape index (κ3) is 2.78. The fourth-order valence-electron chi connectivity index (χ4n) is 1.96. The molecule has 0 saturated heterocycles. The van der Waals surface area contributed by atoms with E-state index in [4.69, 9.17) is 10.3 Å². The monoisotopic (exact) mass is 320 g/mol. The maximum absolute atomic E-state index is 11.9. The van der Waals surface area contributed by atoms with E-state index in [9.17, 15) is 4.79 Å². The number of carbonyl (C=O) groups excluding carboxylic acids is 1. The van der Waals surface area contributed by atoms with Crippen LogP contribution in [0.5, 0.6) is 0 Å². The number of hydrazine groups is 1. The van der Waals surface area contributed by atoms with Crippen LogP contribution in [0.3, 0.4) is 0 Å². The van der Waals surface area contributed by atoms with E-state index in [1.165, 1.54) is 23.1 Å². The Morgan fingerprint density at radius 3 is 2.95 bits per heavy atom. The van der Waals surface area contributed by atoms with Crippen molar-refractivity contribution >= 4 is 39.1 Å². The fraction of sp³-hybridized carbons (Fsp3) is 0.154. The highest BCUT2D eigenvalue weighted by molar-refractivity contribution is 7.98. The Morgan fingerprint density at radius 1 is 1.43 bits per heavy atom. The van der Waals surface area contributed by atoms with Gasteiger partial charge in [0.25, 0.3) is 11.1 Å². The number of hydrogen-bond donors (Lipinski definition) is 2. The van der Waals surface area contributed by atoms with Crippen molar-refractivity contribution in [2.24, 2.45) is 5.84 Å². The van der Waals surface area contributed by atoms with Gasteiger partial charge in [0, 0.05) is 17.4 Å². The van der Waals surface area contributed by atoms with Gasteiger partial charge >= 0.3 is 0 Å². The van der Waals surface area contributed by atoms with Crippen molar-refractivity contribution in [2.45, 2.75) is 17.9 Å². The van der Waals surface area contributed by atoms with E-state index >= 15 is 0 Å². The van der Waals surface area contributed by atoms with Gasteiger partial charge in [0.15, 0.2) is 0 Å². The molecule has 1 aromatic carbocycles. The van der Waals surface area contributed by atoms with Crippen LogP contribution in [0.4, 0.5) is 0 Å². The zero-order valence-electron chi connectivity index (χ0n) is 11.1. The lowest BCUT2D eigenvalue weighted by molar-refractivity contribution is 0.0957.